The lowest BCUT2D eigenvalue weighted by Gasteiger charge is -2.22. The molecule has 2 aliphatic rings. The Balaban J connectivity index is 1.17. The summed E-state index contributed by atoms with van der Waals surface area (Å²) in [4.78, 5) is 33.6. The van der Waals surface area contributed by atoms with Gasteiger partial charge in [-0.15, -0.1) is 11.3 Å². The minimum absolute atomic E-state index is 0.0165. The fraction of sp³-hybridized carbons (Fsp3) is 0.345. The van der Waals surface area contributed by atoms with E-state index in [1.165, 1.54) is 23.5 Å². The van der Waals surface area contributed by atoms with Gasteiger partial charge >= 0.3 is 0 Å². The van der Waals surface area contributed by atoms with Crippen LogP contribution in [0.1, 0.15) is 40.3 Å². The van der Waals surface area contributed by atoms with Crippen LogP contribution < -0.4 is 10.5 Å². The first-order valence-corrected chi connectivity index (χ1v) is 13.7. The molecule has 0 spiro atoms. The number of likely N-dealkylation sites (tertiary alicyclic amines) is 1. The minimum atomic E-state index is -0.609. The van der Waals surface area contributed by atoms with Crippen LogP contribution in [0.4, 0.5) is 4.39 Å². The van der Waals surface area contributed by atoms with Crippen molar-refractivity contribution in [3.8, 4) is 28.0 Å². The minimum Gasteiger partial charge on any atom is -0.474 e. The highest BCUT2D eigenvalue weighted by molar-refractivity contribution is 7.17. The Morgan fingerprint density at radius 1 is 1.10 bits per heavy atom. The van der Waals surface area contributed by atoms with Crippen molar-refractivity contribution in [3.05, 3.63) is 76.3 Å². The third kappa shape index (κ3) is 4.90. The molecule has 1 aliphatic heterocycles. The number of benzene rings is 1. The standard InChI is InChI=1S/C29H29FN6O2S/c1-15-10-18(30)6-7-19(15)22-11-17(29(3,4)31)12-23(35-22)38-24-20-13-36(14-21(20)24)28(37)25-16(2)34-27(39-25)26-32-8-5-9-33-26/h5-12,20-21,24H,13-14,31H2,1-4H3/t20-,21+,24?. The maximum Gasteiger partial charge on any atom is 0.265 e. The van der Waals surface area contributed by atoms with Crippen molar-refractivity contribution < 1.29 is 13.9 Å². The summed E-state index contributed by atoms with van der Waals surface area (Å²) in [6.07, 6.45) is 3.31. The number of pyridine rings is 1. The number of ether oxygens (including phenoxy) is 1. The lowest BCUT2D eigenvalue weighted by Crippen LogP contribution is -2.33. The number of aryl methyl sites for hydroxylation is 2. The number of halogens is 1. The highest BCUT2D eigenvalue weighted by Crippen LogP contribution is 2.48. The second-order valence-corrected chi connectivity index (χ2v) is 11.9. The van der Waals surface area contributed by atoms with E-state index in [9.17, 15) is 9.18 Å². The number of amides is 1. The average Bonchev–Trinajstić information content (AvgIpc) is 3.21. The first kappa shape index (κ1) is 25.5. The van der Waals surface area contributed by atoms with E-state index in [-0.39, 0.29) is 29.7 Å². The van der Waals surface area contributed by atoms with Crippen LogP contribution in [0.3, 0.4) is 0 Å². The van der Waals surface area contributed by atoms with Crippen LogP contribution in [-0.4, -0.2) is 49.9 Å². The number of aromatic nitrogens is 4. The number of nitrogens with two attached hydrogens (primary N) is 1. The van der Waals surface area contributed by atoms with Crippen LogP contribution in [0.5, 0.6) is 5.88 Å². The van der Waals surface area contributed by atoms with Crippen LogP contribution in [0.25, 0.3) is 22.1 Å². The molecule has 1 aromatic carbocycles. The van der Waals surface area contributed by atoms with Gasteiger partial charge in [0.1, 0.15) is 16.8 Å². The summed E-state index contributed by atoms with van der Waals surface area (Å²) < 4.78 is 20.1. The predicted molar refractivity (Wildman–Crippen MR) is 147 cm³/mol. The summed E-state index contributed by atoms with van der Waals surface area (Å²) in [6, 6.07) is 10.2. The summed E-state index contributed by atoms with van der Waals surface area (Å²) in [5, 5.41) is 0.642. The highest BCUT2D eigenvalue weighted by atomic mass is 32.1. The van der Waals surface area contributed by atoms with E-state index in [1.54, 1.807) is 24.5 Å². The summed E-state index contributed by atoms with van der Waals surface area (Å²) in [6.45, 7) is 8.80. The quantitative estimate of drug-likeness (QED) is 0.373. The lowest BCUT2D eigenvalue weighted by molar-refractivity contribution is 0.0755. The van der Waals surface area contributed by atoms with Gasteiger partial charge in [0.05, 0.1) is 11.4 Å². The normalized spacial score (nSPS) is 20.2. The van der Waals surface area contributed by atoms with Crippen molar-refractivity contribution in [3.63, 3.8) is 0 Å². The van der Waals surface area contributed by atoms with Gasteiger partial charge in [-0.1, -0.05) is 0 Å². The van der Waals surface area contributed by atoms with Crippen molar-refractivity contribution in [2.24, 2.45) is 17.6 Å². The number of thiazole rings is 1. The molecule has 8 nitrogen and oxygen atoms in total. The van der Waals surface area contributed by atoms with Gasteiger partial charge in [-0.2, -0.15) is 0 Å². The van der Waals surface area contributed by atoms with Gasteiger partial charge < -0.3 is 15.4 Å². The average molecular weight is 545 g/mol. The van der Waals surface area contributed by atoms with Crippen LogP contribution in [0.15, 0.2) is 48.8 Å². The van der Waals surface area contributed by atoms with Gasteiger partial charge in [0.15, 0.2) is 10.8 Å². The molecule has 6 rings (SSSR count). The predicted octanol–water partition coefficient (Wildman–Crippen LogP) is 4.76. The van der Waals surface area contributed by atoms with Crippen molar-refractivity contribution in [1.29, 1.82) is 0 Å². The van der Waals surface area contributed by atoms with Crippen molar-refractivity contribution in [1.82, 2.24) is 24.8 Å². The maximum atomic E-state index is 13.7. The number of hydrogen-bond acceptors (Lipinski definition) is 8. The van der Waals surface area contributed by atoms with Crippen molar-refractivity contribution in [2.75, 3.05) is 13.1 Å². The smallest absolute Gasteiger partial charge is 0.265 e. The Bertz CT molecular complexity index is 1560. The molecule has 1 saturated carbocycles. The molecule has 39 heavy (non-hydrogen) atoms. The first-order chi connectivity index (χ1) is 18.6. The zero-order valence-electron chi connectivity index (χ0n) is 22.2. The van der Waals surface area contributed by atoms with E-state index in [0.717, 1.165) is 16.7 Å². The molecule has 200 valence electrons. The molecule has 2 N–H and O–H groups in total. The van der Waals surface area contributed by atoms with E-state index in [4.69, 9.17) is 15.5 Å². The zero-order valence-corrected chi connectivity index (χ0v) is 23.0. The van der Waals surface area contributed by atoms with Gasteiger partial charge in [0.2, 0.25) is 5.88 Å². The summed E-state index contributed by atoms with van der Waals surface area (Å²) >= 11 is 1.33. The van der Waals surface area contributed by atoms with Crippen LogP contribution >= 0.6 is 11.3 Å². The summed E-state index contributed by atoms with van der Waals surface area (Å²) in [7, 11) is 0. The molecular weight excluding hydrogens is 515 g/mol. The second-order valence-electron chi connectivity index (χ2n) is 10.9. The van der Waals surface area contributed by atoms with Gasteiger partial charge in [0, 0.05) is 54.5 Å². The van der Waals surface area contributed by atoms with Crippen molar-refractivity contribution >= 4 is 17.2 Å². The molecule has 1 amide bonds. The Labute approximate surface area is 230 Å². The molecule has 1 aliphatic carbocycles. The van der Waals surface area contributed by atoms with E-state index in [0.29, 0.717) is 46.1 Å². The van der Waals surface area contributed by atoms with E-state index in [1.807, 2.05) is 44.7 Å². The number of carbonyl (C=O) groups is 1. The number of fused-ring (bicyclic) bond motifs is 1. The van der Waals surface area contributed by atoms with Crippen LogP contribution in [0.2, 0.25) is 0 Å². The van der Waals surface area contributed by atoms with Crippen LogP contribution in [0, 0.1) is 31.5 Å². The number of hydrogen-bond donors (Lipinski definition) is 1. The Morgan fingerprint density at radius 2 is 1.82 bits per heavy atom. The third-order valence-electron chi connectivity index (χ3n) is 7.42. The van der Waals surface area contributed by atoms with E-state index < -0.39 is 5.54 Å². The molecule has 4 aromatic rings. The SMILES string of the molecule is Cc1cc(F)ccc1-c1cc(C(C)(C)N)cc(OC2[C@H]3CN(C(=O)c4sc(-c5ncccn5)nc4C)C[C@@H]23)n1. The fourth-order valence-electron chi connectivity index (χ4n) is 5.19. The lowest BCUT2D eigenvalue weighted by atomic mass is 9.94. The first-order valence-electron chi connectivity index (χ1n) is 12.9. The Morgan fingerprint density at radius 3 is 2.49 bits per heavy atom. The molecule has 0 radical (unpaired) electrons. The van der Waals surface area contributed by atoms with Gasteiger partial charge in [-0.25, -0.2) is 24.3 Å². The fourth-order valence-corrected chi connectivity index (χ4v) is 6.17. The van der Waals surface area contributed by atoms with Gasteiger partial charge in [-0.05, 0) is 69.2 Å². The summed E-state index contributed by atoms with van der Waals surface area (Å²) in [5.74, 6) is 1.20. The molecule has 10 heteroatoms. The molecule has 1 saturated heterocycles. The molecule has 3 atom stereocenters. The van der Waals surface area contributed by atoms with Crippen LogP contribution in [-0.2, 0) is 5.54 Å². The van der Waals surface area contributed by atoms with Gasteiger partial charge in [-0.3, -0.25) is 4.79 Å². The second kappa shape index (κ2) is 9.46. The van der Waals surface area contributed by atoms with E-state index in [2.05, 4.69) is 15.0 Å². The molecule has 0 bridgehead atoms. The Hall–Kier alpha value is -3.76. The number of piperidine rings is 1. The van der Waals surface area contributed by atoms with Crippen molar-refractivity contribution in [2.45, 2.75) is 39.3 Å². The number of rotatable bonds is 6. The zero-order chi connectivity index (χ0) is 27.5. The van der Waals surface area contributed by atoms with Gasteiger partial charge in [0.25, 0.3) is 5.91 Å². The molecular formula is C29H29FN6O2S. The number of nitrogens with zero attached hydrogens (tertiary/aromatic N) is 5. The molecule has 2 fully saturated rings. The maximum absolute atomic E-state index is 13.7. The molecule has 4 heterocycles. The highest BCUT2D eigenvalue weighted by Gasteiger charge is 2.59. The largest absolute Gasteiger partial charge is 0.474 e. The number of carbonyl (C=O) groups excluding carboxylic acids is 1. The molecule has 3 aromatic heterocycles. The summed E-state index contributed by atoms with van der Waals surface area (Å²) in [5.41, 5.74) is 9.71. The monoisotopic (exact) mass is 544 g/mol. The third-order valence-corrected chi connectivity index (χ3v) is 8.56. The van der Waals surface area contributed by atoms with E-state index >= 15 is 0 Å². The topological polar surface area (TPSA) is 107 Å². The molecule has 1 unspecified atom stereocenters. The Kier molecular flexibility index (Phi) is 6.19.